The molecule has 216 valence electrons. The molecule has 0 heterocycles. The fourth-order valence-electron chi connectivity index (χ4n) is 3.82. The minimum absolute atomic E-state index is 0.00970. The third-order valence-corrected chi connectivity index (χ3v) is 7.52. The molecule has 0 saturated heterocycles. The molecule has 0 bridgehead atoms. The fourth-order valence-corrected chi connectivity index (χ4v) is 5.07. The number of hydrogen-bond donors (Lipinski definition) is 3. The normalized spacial score (nSPS) is 11.0. The highest BCUT2D eigenvalue weighted by Gasteiger charge is 2.44. The monoisotopic (exact) mass is 605 g/mol. The average molecular weight is 606 g/mol. The Morgan fingerprint density at radius 2 is 1.52 bits per heavy atom. The number of hydrogen-bond acceptors (Lipinski definition) is 6. The Hall–Kier alpha value is -4.47. The molecule has 0 aliphatic carbocycles. The zero-order valence-corrected chi connectivity index (χ0v) is 24.2. The van der Waals surface area contributed by atoms with Gasteiger partial charge in [-0.3, -0.25) is 4.79 Å². The lowest BCUT2D eigenvalue weighted by Gasteiger charge is -2.21. The van der Waals surface area contributed by atoms with Crippen molar-refractivity contribution in [2.75, 3.05) is 5.32 Å². The van der Waals surface area contributed by atoms with Crippen molar-refractivity contribution in [1.82, 2.24) is 0 Å². The Morgan fingerprint density at radius 1 is 0.833 bits per heavy atom. The molecular formula is C32H28ClNO7S. The van der Waals surface area contributed by atoms with Crippen LogP contribution in [0.1, 0.15) is 24.5 Å². The largest absolute Gasteiger partial charge is 0.489 e. The van der Waals surface area contributed by atoms with Gasteiger partial charge in [0.15, 0.2) is 0 Å². The Morgan fingerprint density at radius 3 is 2.24 bits per heavy atom. The van der Waals surface area contributed by atoms with E-state index in [-0.39, 0.29) is 18.1 Å². The second kappa shape index (κ2) is 13.9. The molecule has 0 spiro atoms. The van der Waals surface area contributed by atoms with Gasteiger partial charge in [0.1, 0.15) is 18.1 Å². The number of rotatable bonds is 13. The van der Waals surface area contributed by atoms with E-state index in [1.165, 1.54) is 18.2 Å². The smallest absolute Gasteiger partial charge is 0.359 e. The van der Waals surface area contributed by atoms with Crippen molar-refractivity contribution in [2.24, 2.45) is 0 Å². The summed E-state index contributed by atoms with van der Waals surface area (Å²) in [6.45, 7) is 1.42. The summed E-state index contributed by atoms with van der Waals surface area (Å²) in [6.07, 6.45) is 0.533. The molecule has 0 aliphatic heterocycles. The molecule has 0 unspecified atom stereocenters. The topological polar surface area (TPSA) is 122 Å². The van der Waals surface area contributed by atoms with Crippen LogP contribution in [-0.4, -0.2) is 33.7 Å². The number of halogens is 1. The fraction of sp³-hybridized carbons (Fsp3) is 0.156. The van der Waals surface area contributed by atoms with Crippen LogP contribution in [0.2, 0.25) is 5.02 Å². The predicted octanol–water partition coefficient (Wildman–Crippen LogP) is 6.95. The van der Waals surface area contributed by atoms with Crippen molar-refractivity contribution in [1.29, 1.82) is 0 Å². The van der Waals surface area contributed by atoms with Gasteiger partial charge in [-0.15, -0.1) is 0 Å². The van der Waals surface area contributed by atoms with Gasteiger partial charge in [-0.25, -0.2) is 9.59 Å². The highest BCUT2D eigenvalue weighted by molar-refractivity contribution is 7.99. The summed E-state index contributed by atoms with van der Waals surface area (Å²) in [5.41, 5.74) is -0.230. The zero-order chi connectivity index (χ0) is 30.1. The van der Waals surface area contributed by atoms with Gasteiger partial charge in [0.2, 0.25) is 5.91 Å². The van der Waals surface area contributed by atoms with E-state index in [2.05, 4.69) is 5.32 Å². The first-order valence-corrected chi connectivity index (χ1v) is 14.1. The minimum Gasteiger partial charge on any atom is -0.489 e. The number of ether oxygens (including phenoxy) is 2. The number of amides is 1. The van der Waals surface area contributed by atoms with Crippen molar-refractivity contribution < 1.29 is 34.1 Å². The van der Waals surface area contributed by atoms with Crippen LogP contribution in [0.4, 0.5) is 5.69 Å². The van der Waals surface area contributed by atoms with E-state index in [1.807, 2.05) is 72.8 Å². The molecule has 0 saturated carbocycles. The van der Waals surface area contributed by atoms with Gasteiger partial charge in [0.05, 0.1) is 0 Å². The van der Waals surface area contributed by atoms with Crippen LogP contribution < -0.4 is 14.8 Å². The third kappa shape index (κ3) is 8.28. The van der Waals surface area contributed by atoms with Crippen LogP contribution in [-0.2, 0) is 27.4 Å². The van der Waals surface area contributed by atoms with Crippen LogP contribution in [0, 0.1) is 0 Å². The van der Waals surface area contributed by atoms with E-state index in [0.717, 1.165) is 33.6 Å². The molecule has 0 radical (unpaired) electrons. The first-order valence-electron chi connectivity index (χ1n) is 12.9. The highest BCUT2D eigenvalue weighted by Crippen LogP contribution is 2.33. The number of anilines is 1. The molecule has 1 amide bonds. The lowest BCUT2D eigenvalue weighted by atomic mass is 10.1. The summed E-state index contributed by atoms with van der Waals surface area (Å²) in [5, 5.41) is 21.7. The zero-order valence-electron chi connectivity index (χ0n) is 22.6. The maximum atomic E-state index is 12.6. The van der Waals surface area contributed by atoms with Gasteiger partial charge in [-0.05, 0) is 66.9 Å². The molecule has 0 atom stereocenters. The van der Waals surface area contributed by atoms with Crippen LogP contribution in [0.25, 0.3) is 0 Å². The van der Waals surface area contributed by atoms with Crippen molar-refractivity contribution >= 4 is 46.9 Å². The number of aryl methyl sites for hydroxylation is 1. The van der Waals surface area contributed by atoms with Gasteiger partial charge in [-0.2, -0.15) is 0 Å². The maximum Gasteiger partial charge on any atom is 0.359 e. The van der Waals surface area contributed by atoms with E-state index in [4.69, 9.17) is 21.1 Å². The van der Waals surface area contributed by atoms with Gasteiger partial charge in [0, 0.05) is 33.0 Å². The maximum absolute atomic E-state index is 12.6. The molecular weight excluding hydrogens is 578 g/mol. The Labute approximate surface area is 252 Å². The van der Waals surface area contributed by atoms with Crippen molar-refractivity contribution in [2.45, 2.75) is 41.8 Å². The van der Waals surface area contributed by atoms with Crippen LogP contribution >= 0.6 is 23.4 Å². The lowest BCUT2D eigenvalue weighted by Crippen LogP contribution is -2.49. The lowest BCUT2D eigenvalue weighted by molar-refractivity contribution is -0.170. The molecule has 4 aromatic carbocycles. The first-order chi connectivity index (χ1) is 20.1. The number of aliphatic carboxylic acids is 2. The van der Waals surface area contributed by atoms with E-state index < -0.39 is 17.5 Å². The first kappa shape index (κ1) is 30.5. The third-order valence-electron chi connectivity index (χ3n) is 6.19. The Balaban J connectivity index is 1.31. The van der Waals surface area contributed by atoms with E-state index in [1.54, 1.807) is 17.8 Å². The second-order valence-electron chi connectivity index (χ2n) is 9.43. The summed E-state index contributed by atoms with van der Waals surface area (Å²) >= 11 is 8.09. The van der Waals surface area contributed by atoms with Crippen molar-refractivity contribution in [3.8, 4) is 11.5 Å². The molecule has 0 aliphatic rings. The van der Waals surface area contributed by atoms with Gasteiger partial charge in [-0.1, -0.05) is 71.9 Å². The van der Waals surface area contributed by atoms with E-state index in [0.29, 0.717) is 23.7 Å². The number of carbonyl (C=O) groups excluding carboxylic acids is 1. The number of benzene rings is 4. The number of nitrogens with one attached hydrogen (secondary N) is 1. The van der Waals surface area contributed by atoms with Crippen molar-refractivity contribution in [3.05, 3.63) is 113 Å². The number of carboxylic acid groups (broad SMARTS) is 2. The summed E-state index contributed by atoms with van der Waals surface area (Å²) in [6, 6.07) is 29.4. The summed E-state index contributed by atoms with van der Waals surface area (Å²) in [4.78, 5) is 37.3. The molecule has 0 fully saturated rings. The summed E-state index contributed by atoms with van der Waals surface area (Å²) < 4.78 is 11.1. The van der Waals surface area contributed by atoms with Crippen LogP contribution in [0.5, 0.6) is 11.5 Å². The van der Waals surface area contributed by atoms with Gasteiger partial charge in [0.25, 0.3) is 5.60 Å². The highest BCUT2D eigenvalue weighted by atomic mass is 35.5. The van der Waals surface area contributed by atoms with Gasteiger partial charge >= 0.3 is 11.9 Å². The second-order valence-corrected chi connectivity index (χ2v) is 11.0. The molecule has 4 aromatic rings. The standard InChI is InChI=1S/C32H28ClNO7S/c1-32(30(36)37,31(38)39)41-25-11-5-9-23(17-25)34-29(35)16-14-22-13-15-27(19-28(22)33)42-26-12-6-10-24(18-26)40-20-21-7-3-2-4-8-21/h2-13,15,17-19H,14,16,20H2,1H3,(H,34,35)(H,36,37)(H,38,39). The minimum atomic E-state index is -2.47. The Bertz CT molecular complexity index is 1560. The quantitative estimate of drug-likeness (QED) is 0.140. The molecule has 10 heteroatoms. The molecule has 0 aromatic heterocycles. The molecule has 4 rings (SSSR count). The molecule has 42 heavy (non-hydrogen) atoms. The number of carboxylic acids is 2. The van der Waals surface area contributed by atoms with Crippen LogP contribution in [0.3, 0.4) is 0 Å². The average Bonchev–Trinajstić information content (AvgIpc) is 2.96. The summed E-state index contributed by atoms with van der Waals surface area (Å²) in [7, 11) is 0. The van der Waals surface area contributed by atoms with Gasteiger partial charge < -0.3 is 25.0 Å². The van der Waals surface area contributed by atoms with Crippen molar-refractivity contribution in [3.63, 3.8) is 0 Å². The summed E-state index contributed by atoms with van der Waals surface area (Å²) in [5.74, 6) is -2.83. The Kier molecular flexibility index (Phi) is 10.1. The van der Waals surface area contributed by atoms with E-state index >= 15 is 0 Å². The van der Waals surface area contributed by atoms with Crippen LogP contribution in [0.15, 0.2) is 107 Å². The SMILES string of the molecule is CC(Oc1cccc(NC(=O)CCc2ccc(Sc3cccc(OCc4ccccc4)c3)cc2Cl)c1)(C(=O)O)C(=O)O. The number of carbonyl (C=O) groups is 3. The van der Waals surface area contributed by atoms with E-state index in [9.17, 15) is 24.6 Å². The molecule has 3 N–H and O–H groups in total. The molecule has 8 nitrogen and oxygen atoms in total. The predicted molar refractivity (Wildman–Crippen MR) is 160 cm³/mol.